The van der Waals surface area contributed by atoms with Crippen LogP contribution in [0.3, 0.4) is 0 Å². The van der Waals surface area contributed by atoms with Crippen LogP contribution < -0.4 is 10.5 Å². The van der Waals surface area contributed by atoms with Crippen LogP contribution in [0, 0.1) is 5.41 Å². The van der Waals surface area contributed by atoms with Gasteiger partial charge in [0.25, 0.3) is 5.56 Å². The first-order valence-electron chi connectivity index (χ1n) is 7.40. The fourth-order valence-corrected chi connectivity index (χ4v) is 2.83. The second kappa shape index (κ2) is 4.66. The molecule has 2 aliphatic rings. The van der Waals surface area contributed by atoms with Gasteiger partial charge < -0.3 is 9.88 Å². The molecule has 1 aliphatic heterocycles. The monoisotopic (exact) mass is 261 g/mol. The van der Waals surface area contributed by atoms with E-state index in [1.54, 1.807) is 6.07 Å². The van der Waals surface area contributed by atoms with E-state index in [-0.39, 0.29) is 5.56 Å². The third-order valence-electron chi connectivity index (χ3n) is 4.37. The number of nitrogens with one attached hydrogen (secondary N) is 1. The standard InChI is InChI=1S/C15H23N3O/c1-15(2)6-3-8-18(9-7-15)12-10-13(19)17-14(16-12)11-4-5-11/h10-11H,3-9H2,1-2H3,(H,16,17,19). The zero-order chi connectivity index (χ0) is 13.5. The second-order valence-corrected chi connectivity index (χ2v) is 6.77. The molecule has 2 heterocycles. The topological polar surface area (TPSA) is 49.0 Å². The Bertz CT molecular complexity index is 516. The molecule has 1 aromatic heterocycles. The van der Waals surface area contributed by atoms with Crippen LogP contribution >= 0.6 is 0 Å². The van der Waals surface area contributed by atoms with Crippen LogP contribution in [0.4, 0.5) is 5.82 Å². The van der Waals surface area contributed by atoms with E-state index in [0.717, 1.165) is 24.7 Å². The average molecular weight is 261 g/mol. The molecule has 1 saturated heterocycles. The lowest BCUT2D eigenvalue weighted by Gasteiger charge is -2.24. The van der Waals surface area contributed by atoms with E-state index >= 15 is 0 Å². The van der Waals surface area contributed by atoms with Gasteiger partial charge in [-0.1, -0.05) is 13.8 Å². The van der Waals surface area contributed by atoms with Crippen molar-refractivity contribution in [3.63, 3.8) is 0 Å². The highest BCUT2D eigenvalue weighted by atomic mass is 16.1. The van der Waals surface area contributed by atoms with Gasteiger partial charge in [-0.05, 0) is 37.5 Å². The van der Waals surface area contributed by atoms with Crippen molar-refractivity contribution in [3.05, 3.63) is 22.2 Å². The third kappa shape index (κ3) is 2.99. The Morgan fingerprint density at radius 2 is 2.11 bits per heavy atom. The van der Waals surface area contributed by atoms with Crippen molar-refractivity contribution in [2.24, 2.45) is 5.41 Å². The van der Waals surface area contributed by atoms with Crippen molar-refractivity contribution < 1.29 is 0 Å². The molecular weight excluding hydrogens is 238 g/mol. The summed E-state index contributed by atoms with van der Waals surface area (Å²) in [6.45, 7) is 6.69. The number of hydrogen-bond acceptors (Lipinski definition) is 3. The minimum atomic E-state index is -0.00425. The largest absolute Gasteiger partial charge is 0.356 e. The third-order valence-corrected chi connectivity index (χ3v) is 4.37. The molecule has 3 rings (SSSR count). The first-order chi connectivity index (χ1) is 9.03. The Hall–Kier alpha value is -1.32. The summed E-state index contributed by atoms with van der Waals surface area (Å²) in [4.78, 5) is 21.6. The highest BCUT2D eigenvalue weighted by molar-refractivity contribution is 5.38. The van der Waals surface area contributed by atoms with Crippen LogP contribution in [-0.2, 0) is 0 Å². The lowest BCUT2D eigenvalue weighted by molar-refractivity contribution is 0.325. The minimum absolute atomic E-state index is 0.00425. The van der Waals surface area contributed by atoms with Gasteiger partial charge >= 0.3 is 0 Å². The molecule has 1 saturated carbocycles. The van der Waals surface area contributed by atoms with Gasteiger partial charge in [0.15, 0.2) is 0 Å². The molecule has 2 fully saturated rings. The Balaban J connectivity index is 1.83. The summed E-state index contributed by atoms with van der Waals surface area (Å²) >= 11 is 0. The molecule has 1 N–H and O–H groups in total. The molecule has 0 atom stereocenters. The van der Waals surface area contributed by atoms with E-state index in [4.69, 9.17) is 0 Å². The molecule has 0 amide bonds. The summed E-state index contributed by atoms with van der Waals surface area (Å²) in [5.74, 6) is 2.27. The van der Waals surface area contributed by atoms with Crippen LogP contribution in [0.1, 0.15) is 57.7 Å². The van der Waals surface area contributed by atoms with Crippen LogP contribution in [0.5, 0.6) is 0 Å². The highest BCUT2D eigenvalue weighted by Crippen LogP contribution is 2.38. The molecule has 104 valence electrons. The van der Waals surface area contributed by atoms with Crippen molar-refractivity contribution in [2.45, 2.75) is 51.9 Å². The van der Waals surface area contributed by atoms with Crippen LogP contribution in [-0.4, -0.2) is 23.1 Å². The molecule has 0 unspecified atom stereocenters. The summed E-state index contributed by atoms with van der Waals surface area (Å²) in [5, 5.41) is 0. The molecule has 0 radical (unpaired) electrons. The maximum Gasteiger partial charge on any atom is 0.252 e. The number of anilines is 1. The van der Waals surface area contributed by atoms with Gasteiger partial charge in [0.05, 0.1) is 0 Å². The smallest absolute Gasteiger partial charge is 0.252 e. The van der Waals surface area contributed by atoms with E-state index in [1.807, 2.05) is 0 Å². The molecule has 4 nitrogen and oxygen atoms in total. The summed E-state index contributed by atoms with van der Waals surface area (Å²) in [6.07, 6.45) is 5.93. The summed E-state index contributed by atoms with van der Waals surface area (Å²) in [7, 11) is 0. The summed E-state index contributed by atoms with van der Waals surface area (Å²) in [5.41, 5.74) is 0.408. The number of rotatable bonds is 2. The SMILES string of the molecule is CC1(C)CCCN(c2cc(=O)[nH]c(C3CC3)n2)CC1. The highest BCUT2D eigenvalue weighted by Gasteiger charge is 2.28. The van der Waals surface area contributed by atoms with Gasteiger partial charge in [-0.2, -0.15) is 0 Å². The minimum Gasteiger partial charge on any atom is -0.356 e. The molecule has 1 aliphatic carbocycles. The van der Waals surface area contributed by atoms with Crippen LogP contribution in [0.2, 0.25) is 0 Å². The predicted molar refractivity (Wildman–Crippen MR) is 76.7 cm³/mol. The van der Waals surface area contributed by atoms with E-state index in [2.05, 4.69) is 28.7 Å². The van der Waals surface area contributed by atoms with Gasteiger partial charge in [-0.3, -0.25) is 4.79 Å². The van der Waals surface area contributed by atoms with E-state index in [1.165, 1.54) is 32.1 Å². The fraction of sp³-hybridized carbons (Fsp3) is 0.733. The molecule has 0 bridgehead atoms. The maximum atomic E-state index is 11.8. The number of aromatic nitrogens is 2. The zero-order valence-corrected chi connectivity index (χ0v) is 11.9. The molecule has 0 spiro atoms. The molecule has 1 aromatic rings. The van der Waals surface area contributed by atoms with Crippen molar-refractivity contribution in [1.82, 2.24) is 9.97 Å². The van der Waals surface area contributed by atoms with Crippen LogP contribution in [0.25, 0.3) is 0 Å². The first kappa shape index (κ1) is 12.7. The second-order valence-electron chi connectivity index (χ2n) is 6.77. The number of nitrogens with zero attached hydrogens (tertiary/aromatic N) is 2. The lowest BCUT2D eigenvalue weighted by atomic mass is 9.85. The number of aromatic amines is 1. The normalized spacial score (nSPS) is 23.2. The number of H-pyrrole nitrogens is 1. The van der Waals surface area contributed by atoms with E-state index in [0.29, 0.717) is 11.3 Å². The Kier molecular flexibility index (Phi) is 3.11. The molecule has 19 heavy (non-hydrogen) atoms. The maximum absolute atomic E-state index is 11.8. The first-order valence-corrected chi connectivity index (χ1v) is 7.40. The molecular formula is C15H23N3O. The Labute approximate surface area is 114 Å². The summed E-state index contributed by atoms with van der Waals surface area (Å²) in [6, 6.07) is 1.66. The van der Waals surface area contributed by atoms with Crippen molar-refractivity contribution in [2.75, 3.05) is 18.0 Å². The van der Waals surface area contributed by atoms with Gasteiger partial charge in [0.2, 0.25) is 0 Å². The molecule has 0 aromatic carbocycles. The molecule has 4 heteroatoms. The fourth-order valence-electron chi connectivity index (χ4n) is 2.83. The van der Waals surface area contributed by atoms with Gasteiger partial charge in [-0.25, -0.2) is 4.98 Å². The Morgan fingerprint density at radius 1 is 1.32 bits per heavy atom. The van der Waals surface area contributed by atoms with Crippen molar-refractivity contribution >= 4 is 5.82 Å². The number of hydrogen-bond donors (Lipinski definition) is 1. The van der Waals surface area contributed by atoms with E-state index in [9.17, 15) is 4.79 Å². The summed E-state index contributed by atoms with van der Waals surface area (Å²) < 4.78 is 0. The Morgan fingerprint density at radius 3 is 2.84 bits per heavy atom. The van der Waals surface area contributed by atoms with Crippen molar-refractivity contribution in [3.8, 4) is 0 Å². The van der Waals surface area contributed by atoms with Crippen molar-refractivity contribution in [1.29, 1.82) is 0 Å². The van der Waals surface area contributed by atoms with Gasteiger partial charge in [-0.15, -0.1) is 0 Å². The average Bonchev–Trinajstić information content (AvgIpc) is 3.15. The van der Waals surface area contributed by atoms with E-state index < -0.39 is 0 Å². The van der Waals surface area contributed by atoms with Gasteiger partial charge in [0.1, 0.15) is 11.6 Å². The van der Waals surface area contributed by atoms with Gasteiger partial charge in [0, 0.05) is 25.1 Å². The lowest BCUT2D eigenvalue weighted by Crippen LogP contribution is -2.28. The predicted octanol–water partition coefficient (Wildman–Crippen LogP) is 2.66. The zero-order valence-electron chi connectivity index (χ0n) is 11.9. The quantitative estimate of drug-likeness (QED) is 0.890. The van der Waals surface area contributed by atoms with Crippen LogP contribution in [0.15, 0.2) is 10.9 Å².